The molecular weight excluding hydrogens is 312 g/mol. The first-order valence-corrected chi connectivity index (χ1v) is 8.93. The Labute approximate surface area is 149 Å². The van der Waals surface area contributed by atoms with Crippen molar-refractivity contribution in [3.05, 3.63) is 71.8 Å². The highest BCUT2D eigenvalue weighted by Gasteiger charge is 2.49. The Balaban J connectivity index is 2.05. The van der Waals surface area contributed by atoms with Crippen LogP contribution in [-0.4, -0.2) is 42.2 Å². The molecule has 1 fully saturated rings. The number of rotatable bonds is 7. The highest BCUT2D eigenvalue weighted by Crippen LogP contribution is 2.43. The summed E-state index contributed by atoms with van der Waals surface area (Å²) in [5.74, 6) is -0.174. The quantitative estimate of drug-likeness (QED) is 0.813. The summed E-state index contributed by atoms with van der Waals surface area (Å²) >= 11 is 0. The van der Waals surface area contributed by atoms with Crippen LogP contribution in [0.4, 0.5) is 0 Å². The fourth-order valence-electron chi connectivity index (χ4n) is 4.21. The molecule has 0 aliphatic carbocycles. The molecule has 25 heavy (non-hydrogen) atoms. The molecule has 1 unspecified atom stereocenters. The van der Waals surface area contributed by atoms with Gasteiger partial charge in [0.05, 0.1) is 0 Å². The van der Waals surface area contributed by atoms with Crippen LogP contribution in [0.1, 0.15) is 24.0 Å². The van der Waals surface area contributed by atoms with Gasteiger partial charge in [0, 0.05) is 19.7 Å². The Morgan fingerprint density at radius 3 is 2.12 bits per heavy atom. The number of amides is 1. The smallest absolute Gasteiger partial charge is 0.232 e. The van der Waals surface area contributed by atoms with Crippen molar-refractivity contribution in [2.75, 3.05) is 26.2 Å². The van der Waals surface area contributed by atoms with Gasteiger partial charge in [-0.05, 0) is 36.4 Å². The van der Waals surface area contributed by atoms with Gasteiger partial charge in [0.25, 0.3) is 0 Å². The maximum atomic E-state index is 12.9. The molecule has 0 saturated carbocycles. The van der Waals surface area contributed by atoms with Crippen LogP contribution in [0, 0.1) is 5.92 Å². The summed E-state index contributed by atoms with van der Waals surface area (Å²) in [5, 5.41) is 9.10. The molecule has 0 bridgehead atoms. The lowest BCUT2D eigenvalue weighted by molar-refractivity contribution is -0.123. The van der Waals surface area contributed by atoms with Crippen LogP contribution in [0.5, 0.6) is 0 Å². The van der Waals surface area contributed by atoms with E-state index < -0.39 is 5.41 Å². The normalized spacial score (nSPS) is 18.4. The summed E-state index contributed by atoms with van der Waals surface area (Å²) < 4.78 is 0. The van der Waals surface area contributed by atoms with Crippen LogP contribution < -0.4 is 5.73 Å². The molecular formula is C21H26N2O2. The zero-order chi connectivity index (χ0) is 17.7. The molecule has 0 aromatic heterocycles. The molecule has 1 aliphatic rings. The number of likely N-dealkylation sites (tertiary alicyclic amines) is 1. The second-order valence-corrected chi connectivity index (χ2v) is 6.77. The van der Waals surface area contributed by atoms with E-state index >= 15 is 0 Å². The van der Waals surface area contributed by atoms with Gasteiger partial charge in [-0.2, -0.15) is 0 Å². The van der Waals surface area contributed by atoms with Crippen molar-refractivity contribution >= 4 is 5.91 Å². The van der Waals surface area contributed by atoms with Gasteiger partial charge in [-0.25, -0.2) is 0 Å². The van der Waals surface area contributed by atoms with Crippen LogP contribution in [-0.2, 0) is 10.2 Å². The highest BCUT2D eigenvalue weighted by molar-refractivity contribution is 5.91. The summed E-state index contributed by atoms with van der Waals surface area (Å²) in [6, 6.07) is 19.8. The fourth-order valence-corrected chi connectivity index (χ4v) is 4.21. The molecule has 2 aromatic rings. The van der Waals surface area contributed by atoms with Crippen molar-refractivity contribution in [2.24, 2.45) is 11.7 Å². The molecule has 3 rings (SSSR count). The van der Waals surface area contributed by atoms with E-state index in [4.69, 9.17) is 10.8 Å². The second kappa shape index (κ2) is 7.81. The molecule has 1 heterocycles. The van der Waals surface area contributed by atoms with E-state index in [2.05, 4.69) is 4.90 Å². The van der Waals surface area contributed by atoms with Crippen molar-refractivity contribution in [1.82, 2.24) is 4.90 Å². The van der Waals surface area contributed by atoms with E-state index in [9.17, 15) is 4.79 Å². The number of nitrogens with zero attached hydrogens (tertiary/aromatic N) is 1. The lowest BCUT2D eigenvalue weighted by Crippen LogP contribution is -2.49. The Bertz CT molecular complexity index is 648. The van der Waals surface area contributed by atoms with E-state index in [1.54, 1.807) is 0 Å². The zero-order valence-corrected chi connectivity index (χ0v) is 14.5. The minimum atomic E-state index is -0.823. The van der Waals surface area contributed by atoms with Gasteiger partial charge in [-0.1, -0.05) is 60.7 Å². The molecule has 4 heteroatoms. The average Bonchev–Trinajstić information content (AvgIpc) is 3.11. The monoisotopic (exact) mass is 338 g/mol. The van der Waals surface area contributed by atoms with E-state index in [1.165, 1.54) is 0 Å². The lowest BCUT2D eigenvalue weighted by Gasteiger charge is -2.37. The SMILES string of the molecule is NC(=O)C(c1ccccc1)(c1ccccc1)C1CCN(CCCO)C1. The van der Waals surface area contributed by atoms with Gasteiger partial charge in [0.15, 0.2) is 0 Å². The van der Waals surface area contributed by atoms with Crippen LogP contribution in [0.15, 0.2) is 60.7 Å². The summed E-state index contributed by atoms with van der Waals surface area (Å²) in [6.07, 6.45) is 1.67. The number of nitrogens with two attached hydrogens (primary N) is 1. The number of carbonyl (C=O) groups excluding carboxylic acids is 1. The first kappa shape index (κ1) is 17.6. The number of hydrogen-bond donors (Lipinski definition) is 2. The standard InChI is InChI=1S/C21H26N2O2/c22-20(25)21(17-8-3-1-4-9-17,18-10-5-2-6-11-18)19-12-14-23(16-19)13-7-15-24/h1-6,8-11,19,24H,7,12-16H2,(H2,22,25). The third-order valence-electron chi connectivity index (χ3n) is 5.36. The summed E-state index contributed by atoms with van der Waals surface area (Å²) in [4.78, 5) is 15.2. The maximum absolute atomic E-state index is 12.9. The van der Waals surface area contributed by atoms with Crippen molar-refractivity contribution < 1.29 is 9.90 Å². The van der Waals surface area contributed by atoms with E-state index in [0.717, 1.165) is 43.6 Å². The highest BCUT2D eigenvalue weighted by atomic mass is 16.3. The molecule has 0 spiro atoms. The van der Waals surface area contributed by atoms with Crippen molar-refractivity contribution in [3.63, 3.8) is 0 Å². The second-order valence-electron chi connectivity index (χ2n) is 6.77. The van der Waals surface area contributed by atoms with Crippen LogP contribution in [0.2, 0.25) is 0 Å². The van der Waals surface area contributed by atoms with E-state index in [0.29, 0.717) is 0 Å². The van der Waals surface area contributed by atoms with Crippen molar-refractivity contribution in [2.45, 2.75) is 18.3 Å². The topological polar surface area (TPSA) is 66.6 Å². The molecule has 2 aromatic carbocycles. The molecule has 0 radical (unpaired) electrons. The van der Waals surface area contributed by atoms with E-state index in [-0.39, 0.29) is 18.4 Å². The number of aliphatic hydroxyl groups is 1. The third kappa shape index (κ3) is 3.32. The molecule has 1 amide bonds. The fraction of sp³-hybridized carbons (Fsp3) is 0.381. The Hall–Kier alpha value is -2.17. The van der Waals surface area contributed by atoms with Gasteiger partial charge in [-0.3, -0.25) is 4.79 Å². The van der Waals surface area contributed by atoms with Crippen LogP contribution in [0.3, 0.4) is 0 Å². The third-order valence-corrected chi connectivity index (χ3v) is 5.36. The van der Waals surface area contributed by atoms with Crippen molar-refractivity contribution in [1.29, 1.82) is 0 Å². The minimum absolute atomic E-state index is 0.119. The minimum Gasteiger partial charge on any atom is -0.396 e. The molecule has 1 atom stereocenters. The number of primary amides is 1. The van der Waals surface area contributed by atoms with Gasteiger partial charge >= 0.3 is 0 Å². The van der Waals surface area contributed by atoms with Gasteiger partial charge < -0.3 is 15.7 Å². The Morgan fingerprint density at radius 2 is 1.64 bits per heavy atom. The first-order chi connectivity index (χ1) is 12.2. The zero-order valence-electron chi connectivity index (χ0n) is 14.5. The maximum Gasteiger partial charge on any atom is 0.232 e. The predicted molar refractivity (Wildman–Crippen MR) is 99.1 cm³/mol. The van der Waals surface area contributed by atoms with Crippen LogP contribution >= 0.6 is 0 Å². The largest absolute Gasteiger partial charge is 0.396 e. The van der Waals surface area contributed by atoms with Gasteiger partial charge in [-0.15, -0.1) is 0 Å². The molecule has 1 aliphatic heterocycles. The molecule has 3 N–H and O–H groups in total. The Morgan fingerprint density at radius 1 is 1.08 bits per heavy atom. The van der Waals surface area contributed by atoms with Gasteiger partial charge in [0.2, 0.25) is 5.91 Å². The molecule has 132 valence electrons. The number of carbonyl (C=O) groups is 1. The molecule has 1 saturated heterocycles. The lowest BCUT2D eigenvalue weighted by atomic mass is 9.64. The predicted octanol–water partition coefficient (Wildman–Crippen LogP) is 2.16. The number of aliphatic hydroxyl groups excluding tert-OH is 1. The molecule has 4 nitrogen and oxygen atoms in total. The average molecular weight is 338 g/mol. The van der Waals surface area contributed by atoms with Gasteiger partial charge in [0.1, 0.15) is 5.41 Å². The summed E-state index contributed by atoms with van der Waals surface area (Å²) in [7, 11) is 0. The number of benzene rings is 2. The van der Waals surface area contributed by atoms with E-state index in [1.807, 2.05) is 60.7 Å². The Kier molecular flexibility index (Phi) is 5.51. The van der Waals surface area contributed by atoms with Crippen molar-refractivity contribution in [3.8, 4) is 0 Å². The first-order valence-electron chi connectivity index (χ1n) is 8.93. The summed E-state index contributed by atoms with van der Waals surface area (Å²) in [6.45, 7) is 2.79. The number of hydrogen-bond acceptors (Lipinski definition) is 3. The van der Waals surface area contributed by atoms with Crippen LogP contribution in [0.25, 0.3) is 0 Å². The summed E-state index contributed by atoms with van der Waals surface area (Å²) in [5.41, 5.74) is 7.16.